The fourth-order valence-corrected chi connectivity index (χ4v) is 3.75. The first-order valence-corrected chi connectivity index (χ1v) is 10.1. The van der Waals surface area contributed by atoms with Crippen molar-refractivity contribution in [3.8, 4) is 17.6 Å². The lowest BCUT2D eigenvalue weighted by Crippen LogP contribution is -2.31. The van der Waals surface area contributed by atoms with Crippen LogP contribution in [0.15, 0.2) is 36.9 Å². The molecule has 1 aromatic carbocycles. The highest BCUT2D eigenvalue weighted by Gasteiger charge is 2.24. The first-order valence-electron chi connectivity index (χ1n) is 10.1. The second-order valence-corrected chi connectivity index (χ2v) is 7.53. The van der Waals surface area contributed by atoms with E-state index < -0.39 is 6.09 Å². The molecular formula is C23H21N5O5. The van der Waals surface area contributed by atoms with Gasteiger partial charge >= 0.3 is 12.1 Å². The number of methoxy groups -OCH3 is 1. The number of ether oxygens (including phenoxy) is 2. The van der Waals surface area contributed by atoms with Crippen LogP contribution in [0.25, 0.3) is 5.82 Å². The molecule has 0 fully saturated rings. The zero-order chi connectivity index (χ0) is 23.5. The maximum absolute atomic E-state index is 11.8. The number of carbonyl (C=O) groups is 2. The summed E-state index contributed by atoms with van der Waals surface area (Å²) in [7, 11) is 1.47. The number of amides is 1. The summed E-state index contributed by atoms with van der Waals surface area (Å²) in [4.78, 5) is 33.4. The number of hydrogen-bond donors (Lipinski definition) is 1. The maximum atomic E-state index is 11.8. The second-order valence-electron chi connectivity index (χ2n) is 7.53. The first-order chi connectivity index (χ1) is 15.9. The summed E-state index contributed by atoms with van der Waals surface area (Å²) in [6, 6.07) is 7.20. The normalized spacial score (nSPS) is 12.1. The average molecular weight is 447 g/mol. The van der Waals surface area contributed by atoms with Crippen molar-refractivity contribution >= 4 is 12.1 Å². The summed E-state index contributed by atoms with van der Waals surface area (Å²) in [5, 5.41) is 18.8. The number of cyclic esters (lactones) is 1. The summed E-state index contributed by atoms with van der Waals surface area (Å²) >= 11 is 0. The van der Waals surface area contributed by atoms with Gasteiger partial charge in [-0.05, 0) is 30.5 Å². The van der Waals surface area contributed by atoms with Crippen LogP contribution in [-0.2, 0) is 24.3 Å². The third kappa shape index (κ3) is 4.34. The molecule has 0 bridgehead atoms. The van der Waals surface area contributed by atoms with Gasteiger partial charge in [-0.2, -0.15) is 5.26 Å². The van der Waals surface area contributed by atoms with Gasteiger partial charge in [0.1, 0.15) is 36.1 Å². The van der Waals surface area contributed by atoms with Crippen LogP contribution in [-0.4, -0.2) is 50.3 Å². The Morgan fingerprint density at radius 2 is 2.21 bits per heavy atom. The third-order valence-corrected chi connectivity index (χ3v) is 5.65. The largest absolute Gasteiger partial charge is 0.495 e. The Morgan fingerprint density at radius 3 is 2.94 bits per heavy atom. The Morgan fingerprint density at radius 1 is 1.39 bits per heavy atom. The van der Waals surface area contributed by atoms with Crippen molar-refractivity contribution in [3.05, 3.63) is 70.4 Å². The Bertz CT molecular complexity index is 1280. The number of carboxylic acid groups (broad SMARTS) is 1. The van der Waals surface area contributed by atoms with Gasteiger partial charge in [0.15, 0.2) is 0 Å². The minimum atomic E-state index is -1.06. The van der Waals surface area contributed by atoms with Gasteiger partial charge in [0.05, 0.1) is 31.1 Å². The molecule has 3 heterocycles. The minimum absolute atomic E-state index is 0.0985. The molecule has 0 atom stereocenters. The monoisotopic (exact) mass is 447 g/mol. The Kier molecular flexibility index (Phi) is 5.95. The summed E-state index contributed by atoms with van der Waals surface area (Å²) in [6.07, 6.45) is 4.07. The lowest BCUT2D eigenvalue weighted by molar-refractivity contribution is 0.0534. The SMILES string of the molecule is COc1cc(-n2cnc(CN(CCc3ccc4c(c3C)COC4=O)C(=O)O)c2)ncc1C#N. The van der Waals surface area contributed by atoms with E-state index in [0.717, 1.165) is 16.7 Å². The highest BCUT2D eigenvalue weighted by atomic mass is 16.5. The number of carbonyl (C=O) groups excluding carboxylic acids is 1. The molecule has 0 radical (unpaired) electrons. The molecule has 0 unspecified atom stereocenters. The fraction of sp³-hybridized carbons (Fsp3) is 0.261. The predicted octanol–water partition coefficient (Wildman–Crippen LogP) is 2.85. The van der Waals surface area contributed by atoms with Crippen LogP contribution in [0.3, 0.4) is 0 Å². The van der Waals surface area contributed by atoms with E-state index in [9.17, 15) is 14.7 Å². The van der Waals surface area contributed by atoms with E-state index in [1.165, 1.54) is 24.5 Å². The van der Waals surface area contributed by atoms with E-state index in [4.69, 9.17) is 14.7 Å². The van der Waals surface area contributed by atoms with Crippen LogP contribution in [0, 0.1) is 18.3 Å². The number of esters is 1. The van der Waals surface area contributed by atoms with E-state index in [2.05, 4.69) is 9.97 Å². The van der Waals surface area contributed by atoms with Crippen molar-refractivity contribution in [2.45, 2.75) is 26.5 Å². The van der Waals surface area contributed by atoms with Crippen LogP contribution in [0.1, 0.15) is 38.3 Å². The number of hydrogen-bond acceptors (Lipinski definition) is 7. The summed E-state index contributed by atoms with van der Waals surface area (Å²) < 4.78 is 11.9. The van der Waals surface area contributed by atoms with Crippen LogP contribution < -0.4 is 4.74 Å². The molecule has 1 amide bonds. The molecule has 33 heavy (non-hydrogen) atoms. The van der Waals surface area contributed by atoms with Gasteiger partial charge in [-0.1, -0.05) is 6.07 Å². The molecule has 3 aromatic rings. The van der Waals surface area contributed by atoms with Gasteiger partial charge in [0.2, 0.25) is 0 Å². The van der Waals surface area contributed by atoms with Crippen molar-refractivity contribution in [2.75, 3.05) is 13.7 Å². The van der Waals surface area contributed by atoms with Crippen molar-refractivity contribution in [2.24, 2.45) is 0 Å². The molecule has 10 nitrogen and oxygen atoms in total. The zero-order valence-corrected chi connectivity index (χ0v) is 18.1. The summed E-state index contributed by atoms with van der Waals surface area (Å²) in [6.45, 7) is 2.53. The Hall–Kier alpha value is -4.39. The second kappa shape index (κ2) is 9.00. The van der Waals surface area contributed by atoms with Crippen molar-refractivity contribution < 1.29 is 24.2 Å². The molecule has 10 heteroatoms. The third-order valence-electron chi connectivity index (χ3n) is 5.65. The van der Waals surface area contributed by atoms with E-state index >= 15 is 0 Å². The van der Waals surface area contributed by atoms with E-state index in [1.807, 2.05) is 19.1 Å². The van der Waals surface area contributed by atoms with Crippen LogP contribution in [0.4, 0.5) is 4.79 Å². The van der Waals surface area contributed by atoms with Gasteiger partial charge in [0, 0.05) is 24.4 Å². The van der Waals surface area contributed by atoms with Crippen molar-refractivity contribution in [1.82, 2.24) is 19.4 Å². The van der Waals surface area contributed by atoms with Gasteiger partial charge in [-0.3, -0.25) is 4.57 Å². The molecule has 1 aliphatic heterocycles. The van der Waals surface area contributed by atoms with Gasteiger partial charge < -0.3 is 19.5 Å². The molecule has 168 valence electrons. The molecule has 0 saturated carbocycles. The summed E-state index contributed by atoms with van der Waals surface area (Å²) in [5.41, 5.74) is 4.23. The van der Waals surface area contributed by atoms with Crippen LogP contribution in [0.5, 0.6) is 5.75 Å². The maximum Gasteiger partial charge on any atom is 0.407 e. The molecule has 0 saturated heterocycles. The Labute approximate surface area is 189 Å². The van der Waals surface area contributed by atoms with Gasteiger partial charge in [-0.15, -0.1) is 0 Å². The highest BCUT2D eigenvalue weighted by molar-refractivity contribution is 5.93. The number of pyridine rings is 1. The van der Waals surface area contributed by atoms with E-state index in [-0.39, 0.29) is 25.7 Å². The number of rotatable bonds is 7. The zero-order valence-electron chi connectivity index (χ0n) is 18.1. The first kappa shape index (κ1) is 21.8. The summed E-state index contributed by atoms with van der Waals surface area (Å²) in [5.74, 6) is 0.565. The van der Waals surface area contributed by atoms with E-state index in [0.29, 0.717) is 34.8 Å². The fourth-order valence-electron chi connectivity index (χ4n) is 3.75. The number of nitrogens with zero attached hydrogens (tertiary/aromatic N) is 5. The number of benzene rings is 1. The number of aromatic nitrogens is 3. The lowest BCUT2D eigenvalue weighted by Gasteiger charge is -2.19. The van der Waals surface area contributed by atoms with Crippen LogP contribution in [0.2, 0.25) is 0 Å². The van der Waals surface area contributed by atoms with Crippen LogP contribution >= 0.6 is 0 Å². The highest BCUT2D eigenvalue weighted by Crippen LogP contribution is 2.26. The standard InChI is InChI=1S/C23H21N5O5/c1-14-15(3-4-18-19(14)12-33-22(18)29)5-6-27(23(30)31)10-17-11-28(13-26-17)21-7-20(32-2)16(8-24)9-25-21/h3-4,7,9,11,13H,5-6,10,12H2,1-2H3,(H,30,31). The Balaban J connectivity index is 1.47. The molecule has 0 spiro atoms. The van der Waals surface area contributed by atoms with Crippen molar-refractivity contribution in [3.63, 3.8) is 0 Å². The molecule has 2 aromatic heterocycles. The van der Waals surface area contributed by atoms with E-state index in [1.54, 1.807) is 22.9 Å². The molecule has 1 aliphatic rings. The predicted molar refractivity (Wildman–Crippen MR) is 115 cm³/mol. The minimum Gasteiger partial charge on any atom is -0.495 e. The lowest BCUT2D eigenvalue weighted by atomic mass is 9.97. The number of imidazole rings is 1. The molecule has 4 rings (SSSR count). The average Bonchev–Trinajstić information content (AvgIpc) is 3.44. The topological polar surface area (TPSA) is 131 Å². The number of fused-ring (bicyclic) bond motifs is 1. The smallest absolute Gasteiger partial charge is 0.407 e. The van der Waals surface area contributed by atoms with Gasteiger partial charge in [0.25, 0.3) is 0 Å². The molecule has 1 N–H and O–H groups in total. The van der Waals surface area contributed by atoms with Crippen molar-refractivity contribution in [1.29, 1.82) is 5.26 Å². The van der Waals surface area contributed by atoms with Gasteiger partial charge in [-0.25, -0.2) is 19.6 Å². The number of nitriles is 1. The quantitative estimate of drug-likeness (QED) is 0.547. The molecular weight excluding hydrogens is 426 g/mol. The molecule has 0 aliphatic carbocycles.